The fourth-order valence-corrected chi connectivity index (χ4v) is 2.22. The molecule has 4 nitrogen and oxygen atoms in total. The van der Waals surface area contributed by atoms with Crippen LogP contribution in [0, 0.1) is 11.3 Å². The van der Waals surface area contributed by atoms with Crippen LogP contribution in [0.4, 0.5) is 5.69 Å². The molecular weight excluding hydrogens is 296 g/mol. The molecular formula is C13H17BrN2O2. The van der Waals surface area contributed by atoms with Crippen LogP contribution in [0.2, 0.25) is 0 Å². The molecule has 0 amide bonds. The van der Waals surface area contributed by atoms with Gasteiger partial charge in [0.1, 0.15) is 0 Å². The van der Waals surface area contributed by atoms with E-state index in [2.05, 4.69) is 26.9 Å². The van der Waals surface area contributed by atoms with E-state index in [4.69, 9.17) is 14.7 Å². The van der Waals surface area contributed by atoms with Crippen LogP contribution in [0.5, 0.6) is 0 Å². The van der Waals surface area contributed by atoms with E-state index in [1.165, 1.54) is 0 Å². The fraction of sp³-hybridized carbons (Fsp3) is 0.462. The number of rotatable bonds is 7. The van der Waals surface area contributed by atoms with Crippen LogP contribution in [0.3, 0.4) is 0 Å². The molecule has 0 aromatic heterocycles. The summed E-state index contributed by atoms with van der Waals surface area (Å²) < 4.78 is 11.1. The second-order valence-electron chi connectivity index (χ2n) is 3.75. The molecule has 1 aromatic rings. The van der Waals surface area contributed by atoms with E-state index in [0.717, 1.165) is 23.2 Å². The third kappa shape index (κ3) is 4.30. The summed E-state index contributed by atoms with van der Waals surface area (Å²) in [4.78, 5) is 2.16. The smallest absolute Gasteiger partial charge is 0.0992 e. The first-order valence-corrected chi connectivity index (χ1v) is 6.44. The molecule has 0 unspecified atom stereocenters. The van der Waals surface area contributed by atoms with E-state index in [1.54, 1.807) is 14.2 Å². The van der Waals surface area contributed by atoms with Gasteiger partial charge in [-0.15, -0.1) is 0 Å². The SMILES string of the molecule is COCCN(CCOC)c1ccc(C#N)cc1Br. The van der Waals surface area contributed by atoms with Gasteiger partial charge in [-0.05, 0) is 34.1 Å². The molecule has 98 valence electrons. The molecule has 0 radical (unpaired) electrons. The lowest BCUT2D eigenvalue weighted by atomic mass is 10.2. The molecule has 0 spiro atoms. The third-order valence-corrected chi connectivity index (χ3v) is 3.18. The van der Waals surface area contributed by atoms with E-state index in [0.29, 0.717) is 18.8 Å². The predicted octanol–water partition coefficient (Wildman–Crippen LogP) is 2.42. The number of anilines is 1. The molecule has 1 rings (SSSR count). The monoisotopic (exact) mass is 312 g/mol. The minimum atomic E-state index is 0.643. The highest BCUT2D eigenvalue weighted by Gasteiger charge is 2.10. The van der Waals surface area contributed by atoms with Crippen molar-refractivity contribution in [2.45, 2.75) is 0 Å². The van der Waals surface area contributed by atoms with Crippen molar-refractivity contribution in [3.8, 4) is 6.07 Å². The summed E-state index contributed by atoms with van der Waals surface area (Å²) in [5.74, 6) is 0. The highest BCUT2D eigenvalue weighted by molar-refractivity contribution is 9.10. The standard InChI is InChI=1S/C13H17BrN2O2/c1-17-7-5-16(6-8-18-2)13-4-3-11(10-15)9-12(13)14/h3-4,9H,5-8H2,1-2H3. The van der Waals surface area contributed by atoms with Gasteiger partial charge in [-0.1, -0.05) is 0 Å². The van der Waals surface area contributed by atoms with Crippen molar-refractivity contribution in [1.82, 2.24) is 0 Å². The highest BCUT2D eigenvalue weighted by Crippen LogP contribution is 2.27. The zero-order chi connectivity index (χ0) is 13.4. The molecule has 0 aliphatic heterocycles. The van der Waals surface area contributed by atoms with E-state index in [9.17, 15) is 0 Å². The number of hydrogen-bond acceptors (Lipinski definition) is 4. The summed E-state index contributed by atoms with van der Waals surface area (Å²) in [7, 11) is 3.37. The van der Waals surface area contributed by atoms with Gasteiger partial charge >= 0.3 is 0 Å². The Morgan fingerprint density at radius 1 is 1.22 bits per heavy atom. The largest absolute Gasteiger partial charge is 0.383 e. The van der Waals surface area contributed by atoms with Crippen LogP contribution in [0.25, 0.3) is 0 Å². The maximum absolute atomic E-state index is 8.85. The maximum Gasteiger partial charge on any atom is 0.0992 e. The lowest BCUT2D eigenvalue weighted by Crippen LogP contribution is -2.30. The second kappa shape index (κ2) is 8.09. The first kappa shape index (κ1) is 15.0. The van der Waals surface area contributed by atoms with Crippen LogP contribution in [-0.4, -0.2) is 40.5 Å². The lowest BCUT2D eigenvalue weighted by Gasteiger charge is -2.25. The van der Waals surface area contributed by atoms with Crippen molar-refractivity contribution in [2.75, 3.05) is 45.4 Å². The zero-order valence-corrected chi connectivity index (χ0v) is 12.2. The third-order valence-electron chi connectivity index (χ3n) is 2.55. The topological polar surface area (TPSA) is 45.5 Å². The normalized spacial score (nSPS) is 10.1. The lowest BCUT2D eigenvalue weighted by molar-refractivity contribution is 0.190. The van der Waals surface area contributed by atoms with Gasteiger partial charge in [-0.25, -0.2) is 0 Å². The second-order valence-corrected chi connectivity index (χ2v) is 4.60. The Morgan fingerprint density at radius 2 is 1.83 bits per heavy atom. The number of ether oxygens (including phenoxy) is 2. The molecule has 0 aliphatic carbocycles. The molecule has 0 bridgehead atoms. The van der Waals surface area contributed by atoms with Crippen LogP contribution in [0.15, 0.2) is 22.7 Å². The van der Waals surface area contributed by atoms with Crippen molar-refractivity contribution >= 4 is 21.6 Å². The highest BCUT2D eigenvalue weighted by atomic mass is 79.9. The molecule has 0 saturated carbocycles. The van der Waals surface area contributed by atoms with Gasteiger partial charge in [-0.2, -0.15) is 5.26 Å². The van der Waals surface area contributed by atoms with Crippen LogP contribution in [0.1, 0.15) is 5.56 Å². The first-order valence-electron chi connectivity index (χ1n) is 5.65. The Morgan fingerprint density at radius 3 is 2.28 bits per heavy atom. The Hall–Kier alpha value is -1.09. The van der Waals surface area contributed by atoms with Gasteiger partial charge in [0, 0.05) is 31.8 Å². The zero-order valence-electron chi connectivity index (χ0n) is 10.6. The summed E-state index contributed by atoms with van der Waals surface area (Å²) in [5.41, 5.74) is 1.69. The van der Waals surface area contributed by atoms with Crippen LogP contribution >= 0.6 is 15.9 Å². The summed E-state index contributed by atoms with van der Waals surface area (Å²) in [5, 5.41) is 8.85. The summed E-state index contributed by atoms with van der Waals surface area (Å²) >= 11 is 3.50. The molecule has 0 N–H and O–H groups in total. The number of halogens is 1. The van der Waals surface area contributed by atoms with Crippen molar-refractivity contribution in [3.63, 3.8) is 0 Å². The Bertz CT molecular complexity index is 410. The van der Waals surface area contributed by atoms with Gasteiger partial charge in [0.25, 0.3) is 0 Å². The fourth-order valence-electron chi connectivity index (χ4n) is 1.59. The molecule has 1 aromatic carbocycles. The summed E-state index contributed by atoms with van der Waals surface area (Å²) in [6.45, 7) is 2.86. The Kier molecular flexibility index (Phi) is 6.73. The average Bonchev–Trinajstić information content (AvgIpc) is 2.39. The summed E-state index contributed by atoms with van der Waals surface area (Å²) in [6, 6.07) is 7.69. The number of methoxy groups -OCH3 is 2. The Balaban J connectivity index is 2.86. The van der Waals surface area contributed by atoms with Crippen molar-refractivity contribution < 1.29 is 9.47 Å². The Labute approximate surface area is 116 Å². The molecule has 0 atom stereocenters. The van der Waals surface area contributed by atoms with Gasteiger partial charge in [0.05, 0.1) is 30.5 Å². The van der Waals surface area contributed by atoms with Gasteiger partial charge in [0.15, 0.2) is 0 Å². The molecule has 5 heteroatoms. The van der Waals surface area contributed by atoms with Crippen LogP contribution < -0.4 is 4.90 Å². The molecule has 0 fully saturated rings. The number of nitrogens with zero attached hydrogens (tertiary/aromatic N) is 2. The maximum atomic E-state index is 8.85. The minimum absolute atomic E-state index is 0.643. The van der Waals surface area contributed by atoms with E-state index in [-0.39, 0.29) is 0 Å². The van der Waals surface area contributed by atoms with Gasteiger partial charge < -0.3 is 14.4 Å². The van der Waals surface area contributed by atoms with Crippen LogP contribution in [-0.2, 0) is 9.47 Å². The quantitative estimate of drug-likeness (QED) is 0.775. The molecule has 0 aliphatic rings. The van der Waals surface area contributed by atoms with E-state index < -0.39 is 0 Å². The van der Waals surface area contributed by atoms with Gasteiger partial charge in [0.2, 0.25) is 0 Å². The number of benzene rings is 1. The summed E-state index contributed by atoms with van der Waals surface area (Å²) in [6.07, 6.45) is 0. The number of nitriles is 1. The van der Waals surface area contributed by atoms with Gasteiger partial charge in [-0.3, -0.25) is 0 Å². The van der Waals surface area contributed by atoms with Crippen molar-refractivity contribution in [3.05, 3.63) is 28.2 Å². The molecule has 0 saturated heterocycles. The van der Waals surface area contributed by atoms with Crippen molar-refractivity contribution in [2.24, 2.45) is 0 Å². The first-order chi connectivity index (χ1) is 8.72. The average molecular weight is 313 g/mol. The van der Waals surface area contributed by atoms with E-state index in [1.807, 2.05) is 18.2 Å². The predicted molar refractivity (Wildman–Crippen MR) is 74.8 cm³/mol. The van der Waals surface area contributed by atoms with Crippen molar-refractivity contribution in [1.29, 1.82) is 5.26 Å². The molecule has 18 heavy (non-hydrogen) atoms. The van der Waals surface area contributed by atoms with E-state index >= 15 is 0 Å². The molecule has 0 heterocycles. The number of hydrogen-bond donors (Lipinski definition) is 0. The minimum Gasteiger partial charge on any atom is -0.383 e.